The van der Waals surface area contributed by atoms with Gasteiger partial charge in [0.2, 0.25) is 0 Å². The van der Waals surface area contributed by atoms with Gasteiger partial charge < -0.3 is 0 Å². The predicted molar refractivity (Wildman–Crippen MR) is 96.5 cm³/mol. The van der Waals surface area contributed by atoms with E-state index >= 15 is 0 Å². The molecule has 0 bridgehead atoms. The van der Waals surface area contributed by atoms with Gasteiger partial charge in [0.05, 0.1) is 0 Å². The zero-order valence-corrected chi connectivity index (χ0v) is 13.6. The first-order valence-electron chi connectivity index (χ1n) is 8.26. The molecule has 1 N–H and O–H groups in total. The van der Waals surface area contributed by atoms with Crippen LogP contribution in [0.25, 0.3) is 0 Å². The maximum atomic E-state index is 13.3. The molecule has 0 unspecified atom stereocenters. The normalized spacial score (nSPS) is 15.2. The summed E-state index contributed by atoms with van der Waals surface area (Å²) in [6.45, 7) is 0.432. The SMILES string of the molecule is O=C1c2ccccc2C(=O)C1(NCc1ccccc1)c1ccccc1. The van der Waals surface area contributed by atoms with Gasteiger partial charge in [-0.3, -0.25) is 14.9 Å². The van der Waals surface area contributed by atoms with Crippen LogP contribution in [0.4, 0.5) is 0 Å². The second kappa shape index (κ2) is 6.11. The first kappa shape index (κ1) is 15.5. The van der Waals surface area contributed by atoms with Gasteiger partial charge in [-0.05, 0) is 11.1 Å². The van der Waals surface area contributed by atoms with E-state index in [1.807, 2.05) is 60.7 Å². The Balaban J connectivity index is 1.81. The molecule has 25 heavy (non-hydrogen) atoms. The second-order valence-corrected chi connectivity index (χ2v) is 6.16. The molecular formula is C22H17NO2. The van der Waals surface area contributed by atoms with Crippen LogP contribution < -0.4 is 5.32 Å². The summed E-state index contributed by atoms with van der Waals surface area (Å²) in [6.07, 6.45) is 0. The predicted octanol–water partition coefficient (Wildman–Crippen LogP) is 3.75. The summed E-state index contributed by atoms with van der Waals surface area (Å²) in [7, 11) is 0. The number of ketones is 2. The molecule has 3 heteroatoms. The highest BCUT2D eigenvalue weighted by Gasteiger charge is 2.53. The first-order chi connectivity index (χ1) is 12.2. The smallest absolute Gasteiger partial charge is 0.196 e. The Kier molecular flexibility index (Phi) is 3.79. The van der Waals surface area contributed by atoms with Crippen molar-refractivity contribution < 1.29 is 9.59 Å². The minimum atomic E-state index is -1.36. The molecule has 0 radical (unpaired) electrons. The molecule has 3 aromatic carbocycles. The van der Waals surface area contributed by atoms with Crippen molar-refractivity contribution in [3.8, 4) is 0 Å². The average Bonchev–Trinajstić information content (AvgIpc) is 2.90. The number of rotatable bonds is 4. The molecule has 0 aliphatic heterocycles. The maximum Gasteiger partial charge on any atom is 0.196 e. The molecule has 122 valence electrons. The Labute approximate surface area is 146 Å². The van der Waals surface area contributed by atoms with E-state index < -0.39 is 5.54 Å². The van der Waals surface area contributed by atoms with Crippen molar-refractivity contribution in [2.45, 2.75) is 12.1 Å². The van der Waals surface area contributed by atoms with Crippen molar-refractivity contribution >= 4 is 11.6 Å². The van der Waals surface area contributed by atoms with Crippen LogP contribution in [-0.2, 0) is 12.1 Å². The molecule has 1 aliphatic rings. The first-order valence-corrected chi connectivity index (χ1v) is 8.26. The van der Waals surface area contributed by atoms with Crippen molar-refractivity contribution in [1.82, 2.24) is 5.32 Å². The largest absolute Gasteiger partial charge is 0.291 e. The van der Waals surface area contributed by atoms with Gasteiger partial charge in [-0.15, -0.1) is 0 Å². The van der Waals surface area contributed by atoms with E-state index in [1.165, 1.54) is 0 Å². The lowest BCUT2D eigenvalue weighted by Crippen LogP contribution is -2.51. The van der Waals surface area contributed by atoms with Crippen molar-refractivity contribution in [3.05, 3.63) is 107 Å². The van der Waals surface area contributed by atoms with Crippen LogP contribution in [0.2, 0.25) is 0 Å². The number of Topliss-reactive ketones (excluding diaryl/α,β-unsaturated/α-hetero) is 2. The van der Waals surface area contributed by atoms with E-state index in [2.05, 4.69) is 5.32 Å². The molecule has 3 nitrogen and oxygen atoms in total. The van der Waals surface area contributed by atoms with Gasteiger partial charge in [0.1, 0.15) is 0 Å². The van der Waals surface area contributed by atoms with Gasteiger partial charge in [-0.1, -0.05) is 84.9 Å². The lowest BCUT2D eigenvalue weighted by atomic mass is 9.84. The third kappa shape index (κ3) is 2.41. The average molecular weight is 327 g/mol. The van der Waals surface area contributed by atoms with Crippen molar-refractivity contribution in [2.75, 3.05) is 0 Å². The molecule has 0 atom stereocenters. The fraction of sp³-hybridized carbons (Fsp3) is 0.0909. The van der Waals surface area contributed by atoms with E-state index in [4.69, 9.17) is 0 Å². The number of fused-ring (bicyclic) bond motifs is 1. The Hall–Kier alpha value is -3.04. The Morgan fingerprint density at radius 3 is 1.68 bits per heavy atom. The second-order valence-electron chi connectivity index (χ2n) is 6.16. The Morgan fingerprint density at radius 2 is 1.12 bits per heavy atom. The minimum Gasteiger partial charge on any atom is -0.291 e. The van der Waals surface area contributed by atoms with Gasteiger partial charge in [-0.2, -0.15) is 0 Å². The van der Waals surface area contributed by atoms with Crippen LogP contribution in [0.5, 0.6) is 0 Å². The maximum absolute atomic E-state index is 13.3. The molecule has 0 amide bonds. The van der Waals surface area contributed by atoms with Crippen LogP contribution in [-0.4, -0.2) is 11.6 Å². The zero-order valence-electron chi connectivity index (χ0n) is 13.6. The van der Waals surface area contributed by atoms with E-state index in [0.717, 1.165) is 5.56 Å². The van der Waals surface area contributed by atoms with Gasteiger partial charge >= 0.3 is 0 Å². The van der Waals surface area contributed by atoms with Crippen LogP contribution >= 0.6 is 0 Å². The quantitative estimate of drug-likeness (QED) is 0.742. The number of nitrogens with one attached hydrogen (secondary N) is 1. The molecule has 0 heterocycles. The van der Waals surface area contributed by atoms with Gasteiger partial charge in [0.25, 0.3) is 0 Å². The standard InChI is InChI=1S/C22H17NO2/c24-20-18-13-7-8-14-19(18)21(25)22(20,17-11-5-2-6-12-17)23-15-16-9-3-1-4-10-16/h1-14,23H,15H2. The molecule has 0 fully saturated rings. The van der Waals surface area contributed by atoms with Gasteiger partial charge in [0.15, 0.2) is 17.1 Å². The molecular weight excluding hydrogens is 310 g/mol. The highest BCUT2D eigenvalue weighted by molar-refractivity contribution is 6.32. The lowest BCUT2D eigenvalue weighted by Gasteiger charge is -2.28. The van der Waals surface area contributed by atoms with E-state index in [0.29, 0.717) is 23.2 Å². The number of hydrogen-bond donors (Lipinski definition) is 1. The summed E-state index contributed by atoms with van der Waals surface area (Å²) in [5.74, 6) is -0.370. The fourth-order valence-corrected chi connectivity index (χ4v) is 3.43. The summed E-state index contributed by atoms with van der Waals surface area (Å²) < 4.78 is 0. The van der Waals surface area contributed by atoms with E-state index in [-0.39, 0.29) is 11.6 Å². The third-order valence-corrected chi connectivity index (χ3v) is 4.70. The minimum absolute atomic E-state index is 0.185. The van der Waals surface area contributed by atoms with Gasteiger partial charge in [0, 0.05) is 17.7 Å². The third-order valence-electron chi connectivity index (χ3n) is 4.70. The van der Waals surface area contributed by atoms with E-state index in [9.17, 15) is 9.59 Å². The molecule has 0 spiro atoms. The van der Waals surface area contributed by atoms with Crippen LogP contribution in [0, 0.1) is 0 Å². The number of hydrogen-bond acceptors (Lipinski definition) is 3. The van der Waals surface area contributed by atoms with Crippen LogP contribution in [0.3, 0.4) is 0 Å². The summed E-state index contributed by atoms with van der Waals surface area (Å²) in [5, 5.41) is 3.28. The van der Waals surface area contributed by atoms with Crippen molar-refractivity contribution in [1.29, 1.82) is 0 Å². The zero-order chi connectivity index (χ0) is 17.3. The Bertz CT molecular complexity index is 898. The van der Waals surface area contributed by atoms with Crippen molar-refractivity contribution in [2.24, 2.45) is 0 Å². The number of carbonyl (C=O) groups excluding carboxylic acids is 2. The highest BCUT2D eigenvalue weighted by Crippen LogP contribution is 2.38. The topological polar surface area (TPSA) is 46.2 Å². The summed E-state index contributed by atoms with van der Waals surface area (Å²) >= 11 is 0. The van der Waals surface area contributed by atoms with Crippen LogP contribution in [0.15, 0.2) is 84.9 Å². The molecule has 4 rings (SSSR count). The molecule has 0 saturated heterocycles. The summed E-state index contributed by atoms with van der Waals surface area (Å²) in [4.78, 5) is 26.5. The Morgan fingerprint density at radius 1 is 0.640 bits per heavy atom. The fourth-order valence-electron chi connectivity index (χ4n) is 3.43. The van der Waals surface area contributed by atoms with Gasteiger partial charge in [-0.25, -0.2) is 0 Å². The lowest BCUT2D eigenvalue weighted by molar-refractivity contribution is 0.0752. The molecule has 0 saturated carbocycles. The number of carbonyl (C=O) groups is 2. The summed E-state index contributed by atoms with van der Waals surface area (Å²) in [5.41, 5.74) is 1.31. The van der Waals surface area contributed by atoms with Crippen molar-refractivity contribution in [3.63, 3.8) is 0 Å². The van der Waals surface area contributed by atoms with Crippen LogP contribution in [0.1, 0.15) is 31.8 Å². The molecule has 1 aliphatic carbocycles. The summed E-state index contributed by atoms with van der Waals surface area (Å²) in [6, 6.07) is 26.1. The monoisotopic (exact) mass is 327 g/mol. The van der Waals surface area contributed by atoms with E-state index in [1.54, 1.807) is 24.3 Å². The molecule has 0 aromatic heterocycles. The number of benzene rings is 3. The highest BCUT2D eigenvalue weighted by atomic mass is 16.2. The molecule has 3 aromatic rings.